The molecule has 0 spiro atoms. The van der Waals surface area contributed by atoms with E-state index < -0.39 is 0 Å². The summed E-state index contributed by atoms with van der Waals surface area (Å²) in [6, 6.07) is 0. The fourth-order valence-corrected chi connectivity index (χ4v) is 2.91. The highest BCUT2D eigenvalue weighted by Crippen LogP contribution is 2.15. The molecule has 2 aliphatic heterocycles. The van der Waals surface area contributed by atoms with E-state index in [0.29, 0.717) is 12.2 Å². The highest BCUT2D eigenvalue weighted by Gasteiger charge is 2.23. The first-order valence-electron chi connectivity index (χ1n) is 7.58. The van der Waals surface area contributed by atoms with E-state index in [1.807, 2.05) is 4.90 Å². The first kappa shape index (κ1) is 16.8. The van der Waals surface area contributed by atoms with Crippen molar-refractivity contribution in [1.29, 1.82) is 0 Å². The van der Waals surface area contributed by atoms with Crippen LogP contribution in [0, 0.1) is 0 Å². The zero-order valence-electron chi connectivity index (χ0n) is 12.5. The number of piperidine rings is 1. The molecule has 7 nitrogen and oxygen atoms in total. The lowest BCUT2D eigenvalue weighted by atomic mass is 10.1. The van der Waals surface area contributed by atoms with E-state index in [9.17, 15) is 9.59 Å². The van der Waals surface area contributed by atoms with E-state index in [2.05, 4.69) is 20.8 Å². The molecule has 3 rings (SSSR count). The van der Waals surface area contributed by atoms with Crippen molar-refractivity contribution in [3.63, 3.8) is 0 Å². The van der Waals surface area contributed by atoms with E-state index in [1.54, 1.807) is 0 Å². The predicted octanol–water partition coefficient (Wildman–Crippen LogP) is 0.220. The van der Waals surface area contributed by atoms with Crippen LogP contribution in [0.2, 0.25) is 0 Å². The number of nitrogens with zero attached hydrogens (tertiary/aromatic N) is 2. The largest absolute Gasteiger partial charge is 0.342 e. The van der Waals surface area contributed by atoms with Crippen LogP contribution in [0.15, 0.2) is 0 Å². The van der Waals surface area contributed by atoms with Gasteiger partial charge in [-0.15, -0.1) is 12.4 Å². The number of aromatic amines is 1. The number of amides is 2. The lowest BCUT2D eigenvalue weighted by Crippen LogP contribution is -2.42. The number of hydrogen-bond donors (Lipinski definition) is 3. The van der Waals surface area contributed by atoms with Gasteiger partial charge < -0.3 is 15.5 Å². The van der Waals surface area contributed by atoms with Crippen LogP contribution >= 0.6 is 12.4 Å². The zero-order chi connectivity index (χ0) is 14.7. The molecule has 0 aromatic carbocycles. The second kappa shape index (κ2) is 7.60. The van der Waals surface area contributed by atoms with Crippen molar-refractivity contribution >= 4 is 24.2 Å². The number of H-pyrrole nitrogens is 1. The summed E-state index contributed by atoms with van der Waals surface area (Å²) in [7, 11) is 0. The molecule has 3 N–H and O–H groups in total. The third kappa shape index (κ3) is 3.59. The van der Waals surface area contributed by atoms with Gasteiger partial charge in [-0.2, -0.15) is 5.10 Å². The van der Waals surface area contributed by atoms with Crippen molar-refractivity contribution in [1.82, 2.24) is 25.7 Å². The van der Waals surface area contributed by atoms with Gasteiger partial charge in [0.25, 0.3) is 5.91 Å². The quantitative estimate of drug-likeness (QED) is 0.741. The molecule has 8 heteroatoms. The molecule has 0 radical (unpaired) electrons. The van der Waals surface area contributed by atoms with E-state index in [-0.39, 0.29) is 30.8 Å². The third-order valence-corrected chi connectivity index (χ3v) is 4.13. The second-order valence-electron chi connectivity index (χ2n) is 5.58. The van der Waals surface area contributed by atoms with Gasteiger partial charge in [-0.3, -0.25) is 14.7 Å². The Hall–Kier alpha value is -1.60. The summed E-state index contributed by atoms with van der Waals surface area (Å²) in [5.41, 5.74) is 2.34. The van der Waals surface area contributed by atoms with E-state index in [1.165, 1.54) is 6.42 Å². The summed E-state index contributed by atoms with van der Waals surface area (Å²) in [6.07, 6.45) is 4.14. The number of fused-ring (bicyclic) bond motifs is 1. The molecule has 1 saturated heterocycles. The minimum Gasteiger partial charge on any atom is -0.342 e. The van der Waals surface area contributed by atoms with Gasteiger partial charge in [-0.1, -0.05) is 0 Å². The minimum absolute atomic E-state index is 0. The number of carbonyl (C=O) groups is 2. The SMILES string of the molecule is Cl.O=C(NCC(=O)N1CCCCC1)c1n[nH]c2c1CNCC2. The summed E-state index contributed by atoms with van der Waals surface area (Å²) in [5, 5.41) is 12.9. The van der Waals surface area contributed by atoms with E-state index in [0.717, 1.165) is 50.2 Å². The van der Waals surface area contributed by atoms with Crippen LogP contribution in [0.25, 0.3) is 0 Å². The van der Waals surface area contributed by atoms with Crippen molar-refractivity contribution in [3.05, 3.63) is 17.0 Å². The summed E-state index contributed by atoms with van der Waals surface area (Å²) in [6.45, 7) is 3.19. The Kier molecular flexibility index (Phi) is 5.79. The molecule has 2 aliphatic rings. The maximum atomic E-state index is 12.2. The van der Waals surface area contributed by atoms with Crippen molar-refractivity contribution in [3.8, 4) is 0 Å². The van der Waals surface area contributed by atoms with E-state index in [4.69, 9.17) is 0 Å². The molecule has 0 unspecified atom stereocenters. The van der Waals surface area contributed by atoms with Crippen LogP contribution in [-0.2, 0) is 17.8 Å². The summed E-state index contributed by atoms with van der Waals surface area (Å²) in [4.78, 5) is 26.0. The van der Waals surface area contributed by atoms with Crippen molar-refractivity contribution < 1.29 is 9.59 Å². The van der Waals surface area contributed by atoms with Crippen LogP contribution in [0.4, 0.5) is 0 Å². The van der Waals surface area contributed by atoms with Gasteiger partial charge in [0.1, 0.15) is 0 Å². The Morgan fingerprint density at radius 3 is 2.77 bits per heavy atom. The molecule has 22 heavy (non-hydrogen) atoms. The summed E-state index contributed by atoms with van der Waals surface area (Å²) < 4.78 is 0. The molecular formula is C14H22ClN5O2. The first-order valence-corrected chi connectivity index (χ1v) is 7.58. The molecule has 0 bridgehead atoms. The molecule has 1 aromatic heterocycles. The number of halogens is 1. The number of likely N-dealkylation sites (tertiary alicyclic amines) is 1. The van der Waals surface area contributed by atoms with Gasteiger partial charge in [0.05, 0.1) is 6.54 Å². The topological polar surface area (TPSA) is 90.1 Å². The van der Waals surface area contributed by atoms with Gasteiger partial charge in [0.2, 0.25) is 5.91 Å². The van der Waals surface area contributed by atoms with Gasteiger partial charge in [0, 0.05) is 43.9 Å². The van der Waals surface area contributed by atoms with Gasteiger partial charge in [-0.05, 0) is 19.3 Å². The summed E-state index contributed by atoms with van der Waals surface area (Å²) >= 11 is 0. The Morgan fingerprint density at radius 2 is 2.00 bits per heavy atom. The standard InChI is InChI=1S/C14H21N5O2.ClH/c20-12(19-6-2-1-3-7-19)9-16-14(21)13-10-8-15-5-4-11(10)17-18-13;/h15H,1-9H2,(H,16,21)(H,17,18);1H. The predicted molar refractivity (Wildman–Crippen MR) is 84.0 cm³/mol. The Balaban J connectivity index is 0.00000176. The number of nitrogens with one attached hydrogen (secondary N) is 3. The lowest BCUT2D eigenvalue weighted by Gasteiger charge is -2.26. The molecule has 2 amide bonds. The lowest BCUT2D eigenvalue weighted by molar-refractivity contribution is -0.130. The zero-order valence-corrected chi connectivity index (χ0v) is 13.3. The highest BCUT2D eigenvalue weighted by molar-refractivity contribution is 5.96. The monoisotopic (exact) mass is 327 g/mol. The maximum Gasteiger partial charge on any atom is 0.272 e. The van der Waals surface area contributed by atoms with Gasteiger partial charge >= 0.3 is 0 Å². The third-order valence-electron chi connectivity index (χ3n) is 4.13. The minimum atomic E-state index is -0.276. The summed E-state index contributed by atoms with van der Waals surface area (Å²) in [5.74, 6) is -0.285. The molecule has 0 aliphatic carbocycles. The number of aromatic nitrogens is 2. The average Bonchev–Trinajstić information content (AvgIpc) is 2.97. The highest BCUT2D eigenvalue weighted by atomic mass is 35.5. The molecule has 1 fully saturated rings. The Labute approximate surface area is 135 Å². The Bertz CT molecular complexity index is 539. The molecule has 1 aromatic rings. The number of rotatable bonds is 3. The van der Waals surface area contributed by atoms with Crippen LogP contribution in [0.5, 0.6) is 0 Å². The van der Waals surface area contributed by atoms with Crippen LogP contribution in [0.1, 0.15) is 41.0 Å². The number of carbonyl (C=O) groups excluding carboxylic acids is 2. The fourth-order valence-electron chi connectivity index (χ4n) is 2.91. The van der Waals surface area contributed by atoms with Crippen LogP contribution in [0.3, 0.4) is 0 Å². The second-order valence-corrected chi connectivity index (χ2v) is 5.58. The average molecular weight is 328 g/mol. The van der Waals surface area contributed by atoms with Crippen LogP contribution in [-0.4, -0.2) is 53.1 Å². The smallest absolute Gasteiger partial charge is 0.272 e. The maximum absolute atomic E-state index is 12.2. The van der Waals surface area contributed by atoms with Crippen molar-refractivity contribution in [2.75, 3.05) is 26.2 Å². The van der Waals surface area contributed by atoms with E-state index >= 15 is 0 Å². The molecule has 122 valence electrons. The number of hydrogen-bond acceptors (Lipinski definition) is 4. The van der Waals surface area contributed by atoms with Crippen LogP contribution < -0.4 is 10.6 Å². The molecule has 0 atom stereocenters. The van der Waals surface area contributed by atoms with Crippen molar-refractivity contribution in [2.24, 2.45) is 0 Å². The fraction of sp³-hybridized carbons (Fsp3) is 0.643. The van der Waals surface area contributed by atoms with Crippen molar-refractivity contribution in [2.45, 2.75) is 32.2 Å². The first-order chi connectivity index (χ1) is 10.3. The van der Waals surface area contributed by atoms with Gasteiger partial charge in [-0.25, -0.2) is 0 Å². The molecular weight excluding hydrogens is 306 g/mol. The van der Waals surface area contributed by atoms with Gasteiger partial charge in [0.15, 0.2) is 5.69 Å². The molecule has 0 saturated carbocycles. The molecule has 3 heterocycles. The normalized spacial score (nSPS) is 17.4. The Morgan fingerprint density at radius 1 is 1.23 bits per heavy atom.